The van der Waals surface area contributed by atoms with E-state index in [9.17, 15) is 4.79 Å². The monoisotopic (exact) mass is 195 g/mol. The number of carbonyl (C=O) groups excluding carboxylic acids is 1. The smallest absolute Gasteiger partial charge is 0.233 e. The number of methoxy groups -OCH3 is 1. The van der Waals surface area contributed by atoms with E-state index in [0.29, 0.717) is 11.7 Å². The first-order chi connectivity index (χ1) is 6.63. The summed E-state index contributed by atoms with van der Waals surface area (Å²) in [7, 11) is 1.50. The molecule has 0 fully saturated rings. The molecular weight excluding hydrogens is 182 g/mol. The summed E-state index contributed by atoms with van der Waals surface area (Å²) >= 11 is 0. The molecular formula is C9H13N3O2. The van der Waals surface area contributed by atoms with Crippen LogP contribution in [0.15, 0.2) is 12.4 Å². The highest BCUT2D eigenvalue weighted by molar-refractivity contribution is 5.90. The van der Waals surface area contributed by atoms with Gasteiger partial charge in [-0.05, 0) is 0 Å². The van der Waals surface area contributed by atoms with Crippen LogP contribution < -0.4 is 10.1 Å². The van der Waals surface area contributed by atoms with Gasteiger partial charge in [0.25, 0.3) is 0 Å². The Morgan fingerprint density at radius 1 is 1.50 bits per heavy atom. The Balaban J connectivity index is 2.72. The van der Waals surface area contributed by atoms with Gasteiger partial charge in [0.1, 0.15) is 0 Å². The number of nitrogens with one attached hydrogen (secondary N) is 1. The Morgan fingerprint density at radius 2 is 2.21 bits per heavy atom. The molecule has 5 heteroatoms. The predicted octanol–water partition coefficient (Wildman–Crippen LogP) is 1.08. The van der Waals surface area contributed by atoms with Gasteiger partial charge in [-0.3, -0.25) is 9.78 Å². The molecule has 1 N–H and O–H groups in total. The maximum atomic E-state index is 11.3. The van der Waals surface area contributed by atoms with Crippen molar-refractivity contribution in [2.45, 2.75) is 13.8 Å². The van der Waals surface area contributed by atoms with Gasteiger partial charge in [-0.1, -0.05) is 13.8 Å². The van der Waals surface area contributed by atoms with Crippen LogP contribution in [0.5, 0.6) is 5.88 Å². The van der Waals surface area contributed by atoms with Crippen molar-refractivity contribution in [1.29, 1.82) is 0 Å². The van der Waals surface area contributed by atoms with Crippen molar-refractivity contribution >= 4 is 11.7 Å². The van der Waals surface area contributed by atoms with E-state index in [-0.39, 0.29) is 11.8 Å². The molecule has 0 aromatic carbocycles. The lowest BCUT2D eigenvalue weighted by molar-refractivity contribution is -0.118. The van der Waals surface area contributed by atoms with E-state index in [2.05, 4.69) is 15.3 Å². The zero-order valence-electron chi connectivity index (χ0n) is 8.44. The van der Waals surface area contributed by atoms with Gasteiger partial charge in [-0.15, -0.1) is 0 Å². The molecule has 0 radical (unpaired) electrons. The van der Waals surface area contributed by atoms with Gasteiger partial charge in [0.15, 0.2) is 5.82 Å². The molecule has 76 valence electrons. The van der Waals surface area contributed by atoms with Crippen LogP contribution in [0.25, 0.3) is 0 Å². The minimum absolute atomic E-state index is 0.0806. The predicted molar refractivity (Wildman–Crippen MR) is 52.1 cm³/mol. The highest BCUT2D eigenvalue weighted by Gasteiger charge is 2.08. The van der Waals surface area contributed by atoms with Crippen molar-refractivity contribution < 1.29 is 9.53 Å². The van der Waals surface area contributed by atoms with Crippen LogP contribution in [-0.4, -0.2) is 23.0 Å². The molecule has 14 heavy (non-hydrogen) atoms. The zero-order chi connectivity index (χ0) is 10.6. The lowest BCUT2D eigenvalue weighted by atomic mass is 10.2. The van der Waals surface area contributed by atoms with Gasteiger partial charge in [0.05, 0.1) is 19.5 Å². The fourth-order valence-corrected chi connectivity index (χ4v) is 0.777. The Bertz CT molecular complexity index is 326. The summed E-state index contributed by atoms with van der Waals surface area (Å²) in [6, 6.07) is 0. The van der Waals surface area contributed by atoms with Crippen LogP contribution in [0.4, 0.5) is 5.82 Å². The second-order valence-corrected chi connectivity index (χ2v) is 3.09. The molecule has 1 amide bonds. The molecule has 1 aromatic rings. The molecule has 0 spiro atoms. The van der Waals surface area contributed by atoms with E-state index in [4.69, 9.17) is 4.74 Å². The first-order valence-corrected chi connectivity index (χ1v) is 4.30. The Morgan fingerprint density at radius 3 is 2.79 bits per heavy atom. The number of carbonyl (C=O) groups is 1. The van der Waals surface area contributed by atoms with Gasteiger partial charge in [-0.25, -0.2) is 0 Å². The molecule has 0 aliphatic heterocycles. The fraction of sp³-hybridized carbons (Fsp3) is 0.444. The van der Waals surface area contributed by atoms with Crippen LogP contribution in [0.3, 0.4) is 0 Å². The highest BCUT2D eigenvalue weighted by atomic mass is 16.5. The SMILES string of the molecule is COc1cncc(NC(=O)C(C)C)n1. The van der Waals surface area contributed by atoms with Gasteiger partial charge >= 0.3 is 0 Å². The van der Waals surface area contributed by atoms with E-state index in [1.807, 2.05) is 13.8 Å². The lowest BCUT2D eigenvalue weighted by Crippen LogP contribution is -2.18. The molecule has 0 atom stereocenters. The minimum atomic E-state index is -0.0902. The summed E-state index contributed by atoms with van der Waals surface area (Å²) in [5, 5.41) is 2.62. The van der Waals surface area contributed by atoms with Crippen LogP contribution in [0, 0.1) is 5.92 Å². The molecule has 1 aromatic heterocycles. The number of amides is 1. The number of nitrogens with zero attached hydrogens (tertiary/aromatic N) is 2. The number of aromatic nitrogens is 2. The normalized spacial score (nSPS) is 10.0. The third-order valence-electron chi connectivity index (χ3n) is 1.60. The van der Waals surface area contributed by atoms with E-state index in [1.54, 1.807) is 0 Å². The summed E-state index contributed by atoms with van der Waals surface area (Å²) in [6.45, 7) is 3.62. The summed E-state index contributed by atoms with van der Waals surface area (Å²) in [5.74, 6) is 0.616. The topological polar surface area (TPSA) is 64.1 Å². The van der Waals surface area contributed by atoms with Crippen molar-refractivity contribution in [3.63, 3.8) is 0 Å². The maximum absolute atomic E-state index is 11.3. The van der Waals surface area contributed by atoms with E-state index >= 15 is 0 Å². The summed E-state index contributed by atoms with van der Waals surface area (Å²) in [6.07, 6.45) is 2.95. The maximum Gasteiger partial charge on any atom is 0.233 e. The molecule has 0 aliphatic rings. The molecule has 5 nitrogen and oxygen atoms in total. The average Bonchev–Trinajstić information content (AvgIpc) is 2.18. The third-order valence-corrected chi connectivity index (χ3v) is 1.60. The minimum Gasteiger partial charge on any atom is -0.480 e. The number of anilines is 1. The molecule has 0 saturated carbocycles. The molecule has 0 unspecified atom stereocenters. The fourth-order valence-electron chi connectivity index (χ4n) is 0.777. The first kappa shape index (κ1) is 10.4. The van der Waals surface area contributed by atoms with Crippen molar-refractivity contribution in [2.24, 2.45) is 5.92 Å². The second-order valence-electron chi connectivity index (χ2n) is 3.09. The second kappa shape index (κ2) is 4.55. The Labute approximate surface area is 82.5 Å². The molecule has 0 aliphatic carbocycles. The summed E-state index contributed by atoms with van der Waals surface area (Å²) < 4.78 is 4.87. The number of hydrogen-bond acceptors (Lipinski definition) is 4. The van der Waals surface area contributed by atoms with Crippen molar-refractivity contribution in [3.8, 4) is 5.88 Å². The van der Waals surface area contributed by atoms with Gasteiger partial charge < -0.3 is 10.1 Å². The van der Waals surface area contributed by atoms with E-state index < -0.39 is 0 Å². The summed E-state index contributed by atoms with van der Waals surface area (Å²) in [4.78, 5) is 19.2. The van der Waals surface area contributed by atoms with Crippen LogP contribution in [0.2, 0.25) is 0 Å². The summed E-state index contributed by atoms with van der Waals surface area (Å²) in [5.41, 5.74) is 0. The van der Waals surface area contributed by atoms with Crippen LogP contribution in [-0.2, 0) is 4.79 Å². The number of hydrogen-bond donors (Lipinski definition) is 1. The lowest BCUT2D eigenvalue weighted by Gasteiger charge is -2.06. The van der Waals surface area contributed by atoms with Crippen LogP contribution in [0.1, 0.15) is 13.8 Å². The van der Waals surface area contributed by atoms with Gasteiger partial charge in [0.2, 0.25) is 11.8 Å². The van der Waals surface area contributed by atoms with E-state index in [1.165, 1.54) is 19.5 Å². The standard InChI is InChI=1S/C9H13N3O2/c1-6(2)9(13)12-7-4-10-5-8(11-7)14-3/h4-6H,1-3H3,(H,11,12,13). The highest BCUT2D eigenvalue weighted by Crippen LogP contribution is 2.09. The third kappa shape index (κ3) is 2.69. The van der Waals surface area contributed by atoms with Gasteiger partial charge in [0, 0.05) is 5.92 Å². The Hall–Kier alpha value is -1.65. The molecule has 1 heterocycles. The van der Waals surface area contributed by atoms with Crippen molar-refractivity contribution in [3.05, 3.63) is 12.4 Å². The van der Waals surface area contributed by atoms with Crippen molar-refractivity contribution in [2.75, 3.05) is 12.4 Å². The molecule has 1 rings (SSSR count). The number of rotatable bonds is 3. The Kier molecular flexibility index (Phi) is 3.39. The molecule has 0 bridgehead atoms. The average molecular weight is 195 g/mol. The largest absolute Gasteiger partial charge is 0.480 e. The quantitative estimate of drug-likeness (QED) is 0.783. The van der Waals surface area contributed by atoms with Gasteiger partial charge in [-0.2, -0.15) is 4.98 Å². The van der Waals surface area contributed by atoms with Crippen molar-refractivity contribution in [1.82, 2.24) is 9.97 Å². The van der Waals surface area contributed by atoms with Crippen LogP contribution >= 0.6 is 0 Å². The first-order valence-electron chi connectivity index (χ1n) is 4.30. The zero-order valence-corrected chi connectivity index (χ0v) is 8.44. The molecule has 0 saturated heterocycles. The number of ether oxygens (including phenoxy) is 1. The van der Waals surface area contributed by atoms with E-state index in [0.717, 1.165) is 0 Å².